The molecule has 2 fully saturated rings. The molecule has 1 saturated carbocycles. The fraction of sp³-hybridized carbons (Fsp3) is 0.600. The third-order valence-corrected chi connectivity index (χ3v) is 5.90. The van der Waals surface area contributed by atoms with Crippen LogP contribution in [-0.4, -0.2) is 23.1 Å². The predicted molar refractivity (Wildman–Crippen MR) is 79.8 cm³/mol. The molecule has 19 heavy (non-hydrogen) atoms. The number of hydrogen-bond acceptors (Lipinski definition) is 4. The number of aromatic nitrogens is 2. The van der Waals surface area contributed by atoms with Gasteiger partial charge in [-0.05, 0) is 28.7 Å². The smallest absolute Gasteiger partial charge is 0.141 e. The molecule has 4 heteroatoms. The molecule has 3 nitrogen and oxygen atoms in total. The van der Waals surface area contributed by atoms with E-state index in [4.69, 9.17) is 4.98 Å². The number of anilines is 1. The van der Waals surface area contributed by atoms with Gasteiger partial charge in [0.1, 0.15) is 16.5 Å². The molecule has 2 aliphatic rings. The first-order valence-corrected chi connectivity index (χ1v) is 7.98. The Morgan fingerprint density at radius 1 is 1.32 bits per heavy atom. The molecule has 0 spiro atoms. The molecule has 2 atom stereocenters. The van der Waals surface area contributed by atoms with Gasteiger partial charge in [-0.2, -0.15) is 0 Å². The van der Waals surface area contributed by atoms with Gasteiger partial charge < -0.3 is 4.90 Å². The van der Waals surface area contributed by atoms with Gasteiger partial charge in [-0.15, -0.1) is 11.3 Å². The Balaban J connectivity index is 1.74. The molecule has 4 rings (SSSR count). The van der Waals surface area contributed by atoms with E-state index in [1.54, 1.807) is 11.3 Å². The topological polar surface area (TPSA) is 29.0 Å². The van der Waals surface area contributed by atoms with Crippen molar-refractivity contribution in [3.8, 4) is 0 Å². The maximum atomic E-state index is 4.80. The average molecular weight is 273 g/mol. The van der Waals surface area contributed by atoms with E-state index in [1.807, 2.05) is 0 Å². The van der Waals surface area contributed by atoms with Crippen LogP contribution in [-0.2, 0) is 6.42 Å². The number of hydrogen-bond donors (Lipinski definition) is 0. The minimum Gasteiger partial charge on any atom is -0.355 e. The summed E-state index contributed by atoms with van der Waals surface area (Å²) >= 11 is 1.72. The van der Waals surface area contributed by atoms with Crippen molar-refractivity contribution < 1.29 is 0 Å². The lowest BCUT2D eigenvalue weighted by atomic mass is 10.1. The van der Waals surface area contributed by atoms with Crippen molar-refractivity contribution in [3.63, 3.8) is 0 Å². The molecule has 3 heterocycles. The first kappa shape index (κ1) is 11.6. The number of rotatable bonds is 2. The van der Waals surface area contributed by atoms with Gasteiger partial charge in [0.05, 0.1) is 5.39 Å². The van der Waals surface area contributed by atoms with Crippen LogP contribution in [0.1, 0.15) is 26.6 Å². The standard InChI is InChI=1S/C15H19N3S/c1-4-12-16-13(9-5-6-19-14(9)17-12)18-7-10-11(8-18)15(10,2)3/h5-6,10-11H,4,7-8H2,1-3H3. The quantitative estimate of drug-likeness (QED) is 0.840. The van der Waals surface area contributed by atoms with Gasteiger partial charge in [0, 0.05) is 19.5 Å². The van der Waals surface area contributed by atoms with Crippen molar-refractivity contribution in [1.29, 1.82) is 0 Å². The Morgan fingerprint density at radius 2 is 2.05 bits per heavy atom. The number of nitrogens with zero attached hydrogens (tertiary/aromatic N) is 3. The van der Waals surface area contributed by atoms with Gasteiger partial charge in [-0.25, -0.2) is 9.97 Å². The fourth-order valence-corrected chi connectivity index (χ4v) is 4.36. The van der Waals surface area contributed by atoms with Crippen molar-refractivity contribution in [2.24, 2.45) is 17.3 Å². The fourth-order valence-electron chi connectivity index (χ4n) is 3.59. The summed E-state index contributed by atoms with van der Waals surface area (Å²) in [6.07, 6.45) is 0.910. The molecule has 1 aliphatic carbocycles. The van der Waals surface area contributed by atoms with Crippen LogP contribution in [0.5, 0.6) is 0 Å². The normalized spacial score (nSPS) is 27.8. The van der Waals surface area contributed by atoms with Crippen LogP contribution in [0.25, 0.3) is 10.2 Å². The highest BCUT2D eigenvalue weighted by Crippen LogP contribution is 2.62. The maximum Gasteiger partial charge on any atom is 0.141 e. The third-order valence-electron chi connectivity index (χ3n) is 5.09. The highest BCUT2D eigenvalue weighted by Gasteiger charge is 2.62. The molecule has 1 aliphatic heterocycles. The van der Waals surface area contributed by atoms with E-state index in [2.05, 4.69) is 42.1 Å². The zero-order chi connectivity index (χ0) is 13.2. The second-order valence-corrected chi connectivity index (χ2v) is 7.29. The Kier molecular flexibility index (Phi) is 2.26. The Hall–Kier alpha value is -1.16. The molecular weight excluding hydrogens is 254 g/mol. The second-order valence-electron chi connectivity index (χ2n) is 6.40. The first-order valence-electron chi connectivity index (χ1n) is 7.10. The summed E-state index contributed by atoms with van der Waals surface area (Å²) in [6.45, 7) is 9.27. The summed E-state index contributed by atoms with van der Waals surface area (Å²) in [5.74, 6) is 3.87. The SMILES string of the molecule is CCc1nc(N2CC3C(C2)C3(C)C)c2ccsc2n1. The van der Waals surface area contributed by atoms with Gasteiger partial charge in [0.2, 0.25) is 0 Å². The summed E-state index contributed by atoms with van der Waals surface area (Å²) in [6, 6.07) is 2.17. The van der Waals surface area contributed by atoms with Crippen LogP contribution in [0, 0.1) is 17.3 Å². The minimum absolute atomic E-state index is 0.560. The average Bonchev–Trinajstić information content (AvgIpc) is 2.91. The monoisotopic (exact) mass is 273 g/mol. The van der Waals surface area contributed by atoms with Crippen LogP contribution in [0.3, 0.4) is 0 Å². The number of thiophene rings is 1. The Labute approximate surface area is 117 Å². The number of piperidine rings is 1. The molecular formula is C15H19N3S. The minimum atomic E-state index is 0.560. The zero-order valence-electron chi connectivity index (χ0n) is 11.7. The van der Waals surface area contributed by atoms with Crippen molar-refractivity contribution >= 4 is 27.4 Å². The lowest BCUT2D eigenvalue weighted by Crippen LogP contribution is -2.27. The van der Waals surface area contributed by atoms with Crippen molar-refractivity contribution in [1.82, 2.24) is 9.97 Å². The van der Waals surface area contributed by atoms with Crippen molar-refractivity contribution in [2.45, 2.75) is 27.2 Å². The van der Waals surface area contributed by atoms with Gasteiger partial charge in [-0.1, -0.05) is 20.8 Å². The second kappa shape index (κ2) is 3.69. The maximum absolute atomic E-state index is 4.80. The molecule has 0 N–H and O–H groups in total. The molecule has 100 valence electrons. The first-order chi connectivity index (χ1) is 9.11. The molecule has 1 saturated heterocycles. The molecule has 0 bridgehead atoms. The van der Waals surface area contributed by atoms with E-state index in [0.717, 1.165) is 28.9 Å². The van der Waals surface area contributed by atoms with Gasteiger partial charge in [0.15, 0.2) is 0 Å². The predicted octanol–water partition coefficient (Wildman–Crippen LogP) is 3.35. The lowest BCUT2D eigenvalue weighted by Gasteiger charge is -2.24. The van der Waals surface area contributed by atoms with Gasteiger partial charge >= 0.3 is 0 Å². The summed E-state index contributed by atoms with van der Waals surface area (Å²) in [7, 11) is 0. The molecule has 2 unspecified atom stereocenters. The highest BCUT2D eigenvalue weighted by molar-refractivity contribution is 7.16. The molecule has 0 radical (unpaired) electrons. The van der Waals surface area contributed by atoms with E-state index < -0.39 is 0 Å². The molecule has 0 aromatic carbocycles. The van der Waals surface area contributed by atoms with Gasteiger partial charge in [-0.3, -0.25) is 0 Å². The third kappa shape index (κ3) is 1.55. The van der Waals surface area contributed by atoms with Crippen LogP contribution in [0.2, 0.25) is 0 Å². The van der Waals surface area contributed by atoms with Crippen LogP contribution in [0.4, 0.5) is 5.82 Å². The van der Waals surface area contributed by atoms with Crippen molar-refractivity contribution in [2.75, 3.05) is 18.0 Å². The van der Waals surface area contributed by atoms with Crippen LogP contribution in [0.15, 0.2) is 11.4 Å². The van der Waals surface area contributed by atoms with E-state index in [0.29, 0.717) is 5.41 Å². The number of aryl methyl sites for hydroxylation is 1. The summed E-state index contributed by atoms with van der Waals surface area (Å²) in [5.41, 5.74) is 0.560. The highest BCUT2D eigenvalue weighted by atomic mass is 32.1. The summed E-state index contributed by atoms with van der Waals surface area (Å²) in [5, 5.41) is 3.37. The largest absolute Gasteiger partial charge is 0.355 e. The Bertz CT molecular complexity index is 632. The van der Waals surface area contributed by atoms with Crippen LogP contribution >= 0.6 is 11.3 Å². The van der Waals surface area contributed by atoms with E-state index >= 15 is 0 Å². The lowest BCUT2D eigenvalue weighted by molar-refractivity contribution is 0.498. The van der Waals surface area contributed by atoms with Crippen LogP contribution < -0.4 is 4.90 Å². The Morgan fingerprint density at radius 3 is 2.74 bits per heavy atom. The van der Waals surface area contributed by atoms with Crippen molar-refractivity contribution in [3.05, 3.63) is 17.3 Å². The molecule has 0 amide bonds. The molecule has 2 aromatic rings. The summed E-state index contributed by atoms with van der Waals surface area (Å²) < 4.78 is 0. The number of fused-ring (bicyclic) bond motifs is 2. The van der Waals surface area contributed by atoms with E-state index in [1.165, 1.54) is 24.3 Å². The van der Waals surface area contributed by atoms with Gasteiger partial charge in [0.25, 0.3) is 0 Å². The molecule has 2 aromatic heterocycles. The zero-order valence-corrected chi connectivity index (χ0v) is 12.5. The summed E-state index contributed by atoms with van der Waals surface area (Å²) in [4.78, 5) is 13.0. The van der Waals surface area contributed by atoms with E-state index in [9.17, 15) is 0 Å². The van der Waals surface area contributed by atoms with E-state index in [-0.39, 0.29) is 0 Å².